The van der Waals surface area contributed by atoms with Gasteiger partial charge in [-0.2, -0.15) is 5.21 Å². The number of nitrogens with zero attached hydrogens (tertiary/aromatic N) is 3. The molecule has 1 atom stereocenters. The number of aromatic nitrogens is 4. The summed E-state index contributed by atoms with van der Waals surface area (Å²) in [6.45, 7) is 0.120. The molecule has 0 unspecified atom stereocenters. The molecule has 2 N–H and O–H groups in total. The van der Waals surface area contributed by atoms with Gasteiger partial charge in [0.2, 0.25) is 0 Å². The number of aldehydes is 1. The average Bonchev–Trinajstić information content (AvgIpc) is 2.90. The van der Waals surface area contributed by atoms with Crippen molar-refractivity contribution in [2.45, 2.75) is 12.5 Å². The number of aromatic amines is 1. The summed E-state index contributed by atoms with van der Waals surface area (Å²) in [5, 5.41) is 22.8. The maximum Gasteiger partial charge on any atom is 0.177 e. The summed E-state index contributed by atoms with van der Waals surface area (Å²) in [5.41, 5.74) is 0.578. The smallest absolute Gasteiger partial charge is 0.177 e. The lowest BCUT2D eigenvalue weighted by molar-refractivity contribution is 0.106. The van der Waals surface area contributed by atoms with Gasteiger partial charge in [0.25, 0.3) is 0 Å². The Morgan fingerprint density at radius 3 is 2.78 bits per heavy atom. The summed E-state index contributed by atoms with van der Waals surface area (Å²) in [6, 6.07) is 6.64. The number of hydrogen-bond donors (Lipinski definition) is 2. The molecule has 0 spiro atoms. The van der Waals surface area contributed by atoms with Crippen LogP contribution in [0.3, 0.4) is 0 Å². The van der Waals surface area contributed by atoms with E-state index in [-0.39, 0.29) is 13.0 Å². The number of hydrogen-bond acceptors (Lipinski definition) is 6. The van der Waals surface area contributed by atoms with Crippen LogP contribution in [-0.4, -0.2) is 44.7 Å². The molecular formula is C11H12N4O3. The maximum absolute atomic E-state index is 10.5. The number of ether oxygens (including phenoxy) is 1. The molecule has 0 bridgehead atoms. The molecule has 0 amide bonds. The summed E-state index contributed by atoms with van der Waals surface area (Å²) in [6.07, 6.45) is 0.311. The Morgan fingerprint density at radius 1 is 1.39 bits per heavy atom. The molecule has 0 fully saturated rings. The minimum absolute atomic E-state index is 0.120. The Bertz CT molecular complexity index is 483. The molecule has 0 aliphatic carbocycles. The fraction of sp³-hybridized carbons (Fsp3) is 0.273. The number of rotatable bonds is 6. The Kier molecular flexibility index (Phi) is 3.98. The highest BCUT2D eigenvalue weighted by Crippen LogP contribution is 2.11. The van der Waals surface area contributed by atoms with Crippen molar-refractivity contribution in [1.29, 1.82) is 0 Å². The molecule has 0 saturated heterocycles. The number of aliphatic hydroxyl groups is 1. The van der Waals surface area contributed by atoms with Gasteiger partial charge in [0, 0.05) is 12.0 Å². The Labute approximate surface area is 103 Å². The second-order valence-corrected chi connectivity index (χ2v) is 3.68. The molecule has 0 aliphatic heterocycles. The van der Waals surface area contributed by atoms with E-state index in [1.165, 1.54) is 0 Å². The van der Waals surface area contributed by atoms with Gasteiger partial charge in [0.1, 0.15) is 18.6 Å². The molecule has 1 aromatic carbocycles. The monoisotopic (exact) mass is 248 g/mol. The number of carbonyl (C=O) groups excluding carboxylic acids is 1. The SMILES string of the molecule is O=Cc1ccc(OC[C@H](O)Cc2nn[nH]n2)cc1. The third kappa shape index (κ3) is 3.36. The summed E-state index contributed by atoms with van der Waals surface area (Å²) < 4.78 is 5.36. The van der Waals surface area contributed by atoms with E-state index in [1.807, 2.05) is 0 Å². The van der Waals surface area contributed by atoms with Crippen LogP contribution in [-0.2, 0) is 6.42 Å². The first kappa shape index (κ1) is 12.2. The molecule has 7 nitrogen and oxygen atoms in total. The van der Waals surface area contributed by atoms with Crippen LogP contribution in [0.4, 0.5) is 0 Å². The van der Waals surface area contributed by atoms with E-state index in [4.69, 9.17) is 4.74 Å². The predicted octanol–water partition coefficient (Wildman–Crippen LogP) is -0.00540. The van der Waals surface area contributed by atoms with Crippen molar-refractivity contribution in [2.24, 2.45) is 0 Å². The van der Waals surface area contributed by atoms with Crippen LogP contribution in [0.2, 0.25) is 0 Å². The van der Waals surface area contributed by atoms with Crippen molar-refractivity contribution in [3.8, 4) is 5.75 Å². The first-order valence-corrected chi connectivity index (χ1v) is 5.36. The van der Waals surface area contributed by atoms with Crippen LogP contribution in [0, 0.1) is 0 Å². The van der Waals surface area contributed by atoms with Crippen molar-refractivity contribution >= 4 is 6.29 Å². The molecule has 0 aliphatic rings. The second-order valence-electron chi connectivity index (χ2n) is 3.68. The minimum Gasteiger partial charge on any atom is -0.491 e. The average molecular weight is 248 g/mol. The van der Waals surface area contributed by atoms with Crippen molar-refractivity contribution in [2.75, 3.05) is 6.61 Å². The maximum atomic E-state index is 10.5. The first-order chi connectivity index (χ1) is 8.78. The number of benzene rings is 1. The van der Waals surface area contributed by atoms with Gasteiger partial charge in [-0.05, 0) is 24.3 Å². The zero-order chi connectivity index (χ0) is 12.8. The highest BCUT2D eigenvalue weighted by atomic mass is 16.5. The largest absolute Gasteiger partial charge is 0.491 e. The van der Waals surface area contributed by atoms with Gasteiger partial charge < -0.3 is 9.84 Å². The molecular weight excluding hydrogens is 236 g/mol. The fourth-order valence-corrected chi connectivity index (χ4v) is 1.37. The van der Waals surface area contributed by atoms with Crippen LogP contribution in [0.1, 0.15) is 16.2 Å². The van der Waals surface area contributed by atoms with E-state index in [1.54, 1.807) is 24.3 Å². The zero-order valence-electron chi connectivity index (χ0n) is 9.48. The normalized spacial score (nSPS) is 12.1. The van der Waals surface area contributed by atoms with Gasteiger partial charge in [0.15, 0.2) is 5.82 Å². The molecule has 2 rings (SSSR count). The minimum atomic E-state index is -0.714. The molecule has 0 saturated carbocycles. The van der Waals surface area contributed by atoms with Crippen molar-refractivity contribution in [3.63, 3.8) is 0 Å². The van der Waals surface area contributed by atoms with Gasteiger partial charge in [-0.15, -0.1) is 10.2 Å². The molecule has 94 valence electrons. The van der Waals surface area contributed by atoms with Crippen LogP contribution in [0.25, 0.3) is 0 Å². The van der Waals surface area contributed by atoms with E-state index in [0.717, 1.165) is 6.29 Å². The van der Waals surface area contributed by atoms with Crippen LogP contribution >= 0.6 is 0 Å². The summed E-state index contributed by atoms with van der Waals surface area (Å²) in [5.74, 6) is 1.02. The quantitative estimate of drug-likeness (QED) is 0.697. The molecule has 1 aromatic heterocycles. The Balaban J connectivity index is 1.81. The third-order valence-electron chi connectivity index (χ3n) is 2.27. The molecule has 18 heavy (non-hydrogen) atoms. The first-order valence-electron chi connectivity index (χ1n) is 5.36. The summed E-state index contributed by atoms with van der Waals surface area (Å²) >= 11 is 0. The second kappa shape index (κ2) is 5.87. The number of tetrazole rings is 1. The zero-order valence-corrected chi connectivity index (χ0v) is 9.48. The van der Waals surface area contributed by atoms with E-state index >= 15 is 0 Å². The number of aliphatic hydroxyl groups excluding tert-OH is 1. The Hall–Kier alpha value is -2.28. The van der Waals surface area contributed by atoms with Crippen molar-refractivity contribution in [1.82, 2.24) is 20.6 Å². The fourth-order valence-electron chi connectivity index (χ4n) is 1.37. The van der Waals surface area contributed by atoms with E-state index in [0.29, 0.717) is 17.1 Å². The van der Waals surface area contributed by atoms with Gasteiger partial charge >= 0.3 is 0 Å². The predicted molar refractivity (Wildman–Crippen MR) is 61.2 cm³/mol. The topological polar surface area (TPSA) is 101 Å². The lowest BCUT2D eigenvalue weighted by Crippen LogP contribution is -2.20. The van der Waals surface area contributed by atoms with Crippen LogP contribution < -0.4 is 4.74 Å². The lowest BCUT2D eigenvalue weighted by Gasteiger charge is -2.10. The summed E-state index contributed by atoms with van der Waals surface area (Å²) in [7, 11) is 0. The van der Waals surface area contributed by atoms with E-state index in [2.05, 4.69) is 20.6 Å². The number of carbonyl (C=O) groups is 1. The lowest BCUT2D eigenvalue weighted by atomic mass is 10.2. The van der Waals surface area contributed by atoms with Crippen LogP contribution in [0.5, 0.6) is 5.75 Å². The number of nitrogens with one attached hydrogen (secondary N) is 1. The van der Waals surface area contributed by atoms with Gasteiger partial charge in [-0.25, -0.2) is 0 Å². The van der Waals surface area contributed by atoms with Crippen LogP contribution in [0.15, 0.2) is 24.3 Å². The van der Waals surface area contributed by atoms with Crippen molar-refractivity contribution < 1.29 is 14.6 Å². The van der Waals surface area contributed by atoms with Gasteiger partial charge in [0.05, 0.1) is 6.10 Å². The standard InChI is InChI=1S/C11H12N4O3/c16-6-8-1-3-10(4-2-8)18-7-9(17)5-11-12-14-15-13-11/h1-4,6,9,17H,5,7H2,(H,12,13,14,15)/t9-/m1/s1. The summed E-state index contributed by atoms with van der Waals surface area (Å²) in [4.78, 5) is 10.5. The Morgan fingerprint density at radius 2 is 2.17 bits per heavy atom. The molecule has 0 radical (unpaired) electrons. The van der Waals surface area contributed by atoms with E-state index < -0.39 is 6.10 Å². The molecule has 1 heterocycles. The molecule has 2 aromatic rings. The highest BCUT2D eigenvalue weighted by Gasteiger charge is 2.09. The molecule has 7 heteroatoms. The van der Waals surface area contributed by atoms with Gasteiger partial charge in [-0.3, -0.25) is 4.79 Å². The van der Waals surface area contributed by atoms with Gasteiger partial charge in [-0.1, -0.05) is 5.21 Å². The van der Waals surface area contributed by atoms with E-state index in [9.17, 15) is 9.90 Å². The van der Waals surface area contributed by atoms with Crippen molar-refractivity contribution in [3.05, 3.63) is 35.7 Å². The highest BCUT2D eigenvalue weighted by molar-refractivity contribution is 5.74. The number of H-pyrrole nitrogens is 1. The third-order valence-corrected chi connectivity index (χ3v) is 2.27.